The van der Waals surface area contributed by atoms with Crippen LogP contribution in [-0.2, 0) is 11.2 Å². The minimum Gasteiger partial charge on any atom is -0.323 e. The van der Waals surface area contributed by atoms with Crippen molar-refractivity contribution in [3.05, 3.63) is 72.9 Å². The van der Waals surface area contributed by atoms with E-state index in [1.54, 1.807) is 18.7 Å². The van der Waals surface area contributed by atoms with E-state index >= 15 is 0 Å². The fourth-order valence-corrected chi connectivity index (χ4v) is 2.58. The topological polar surface area (TPSA) is 63.1 Å². The van der Waals surface area contributed by atoms with Crippen LogP contribution in [0.4, 0.5) is 5.69 Å². The molecule has 6 heteroatoms. The van der Waals surface area contributed by atoms with Crippen molar-refractivity contribution in [2.24, 2.45) is 0 Å². The van der Waals surface area contributed by atoms with Crippen LogP contribution in [0.15, 0.2) is 67.4 Å². The summed E-state index contributed by atoms with van der Waals surface area (Å²) in [6.45, 7) is 0. The summed E-state index contributed by atoms with van der Waals surface area (Å²) >= 11 is 0. The first-order valence-corrected chi connectivity index (χ1v) is 8.09. The van der Waals surface area contributed by atoms with E-state index in [1.807, 2.05) is 72.2 Å². The van der Waals surface area contributed by atoms with Gasteiger partial charge in [-0.3, -0.25) is 14.3 Å². The zero-order valence-corrected chi connectivity index (χ0v) is 14.3. The van der Waals surface area contributed by atoms with Crippen molar-refractivity contribution in [2.75, 3.05) is 19.4 Å². The zero-order chi connectivity index (χ0) is 17.6. The Hall–Kier alpha value is -2.99. The average molecular weight is 335 g/mol. The van der Waals surface area contributed by atoms with Gasteiger partial charge in [-0.05, 0) is 38.2 Å². The lowest BCUT2D eigenvalue weighted by Crippen LogP contribution is -2.41. The first kappa shape index (κ1) is 16.9. The molecular formula is C19H21N5O. The van der Waals surface area contributed by atoms with Crippen molar-refractivity contribution in [3.63, 3.8) is 0 Å². The van der Waals surface area contributed by atoms with Crippen LogP contribution in [-0.4, -0.2) is 45.5 Å². The van der Waals surface area contributed by atoms with Gasteiger partial charge < -0.3 is 5.32 Å². The molecule has 0 aliphatic carbocycles. The molecule has 128 valence electrons. The van der Waals surface area contributed by atoms with Gasteiger partial charge in [-0.25, -0.2) is 9.97 Å². The second-order valence-corrected chi connectivity index (χ2v) is 6.03. The SMILES string of the molecule is CN(C)[C@H](Cc1ccccc1)C(=O)Nc1ccc(-n2ccnc2)nc1. The van der Waals surface area contributed by atoms with Gasteiger partial charge in [0.15, 0.2) is 0 Å². The summed E-state index contributed by atoms with van der Waals surface area (Å²) in [7, 11) is 3.82. The van der Waals surface area contributed by atoms with Crippen molar-refractivity contribution in [1.29, 1.82) is 0 Å². The number of carbonyl (C=O) groups is 1. The van der Waals surface area contributed by atoms with Gasteiger partial charge in [0.05, 0.1) is 17.9 Å². The van der Waals surface area contributed by atoms with Gasteiger partial charge in [0.1, 0.15) is 12.1 Å². The number of imidazole rings is 1. The molecule has 0 radical (unpaired) electrons. The molecule has 0 unspecified atom stereocenters. The standard InChI is InChI=1S/C19H21N5O/c1-23(2)17(12-15-6-4-3-5-7-15)19(25)22-16-8-9-18(21-13-16)24-11-10-20-14-24/h3-11,13-14,17H,12H2,1-2H3,(H,22,25)/t17-/m1/s1. The molecule has 1 aromatic carbocycles. The Morgan fingerprint density at radius 2 is 2.00 bits per heavy atom. The Bertz CT molecular complexity index is 798. The number of benzene rings is 1. The van der Waals surface area contributed by atoms with Gasteiger partial charge in [0.2, 0.25) is 5.91 Å². The molecule has 0 fully saturated rings. The summed E-state index contributed by atoms with van der Waals surface area (Å²) < 4.78 is 1.81. The van der Waals surface area contributed by atoms with Gasteiger partial charge in [-0.1, -0.05) is 30.3 Å². The van der Waals surface area contributed by atoms with Gasteiger partial charge in [-0.15, -0.1) is 0 Å². The fraction of sp³-hybridized carbons (Fsp3) is 0.211. The number of hydrogen-bond acceptors (Lipinski definition) is 4. The van der Waals surface area contributed by atoms with Crippen LogP contribution in [0.5, 0.6) is 0 Å². The lowest BCUT2D eigenvalue weighted by atomic mass is 10.0. The molecule has 1 amide bonds. The minimum atomic E-state index is -0.254. The molecule has 0 aliphatic rings. The third-order valence-corrected chi connectivity index (χ3v) is 3.98. The Kier molecular flexibility index (Phi) is 5.20. The highest BCUT2D eigenvalue weighted by Crippen LogP contribution is 2.13. The Morgan fingerprint density at radius 3 is 2.60 bits per heavy atom. The molecule has 0 saturated heterocycles. The van der Waals surface area contributed by atoms with Gasteiger partial charge in [-0.2, -0.15) is 0 Å². The Morgan fingerprint density at radius 1 is 1.20 bits per heavy atom. The molecule has 0 bridgehead atoms. The van der Waals surface area contributed by atoms with Gasteiger partial charge in [0.25, 0.3) is 0 Å². The van der Waals surface area contributed by atoms with Crippen LogP contribution >= 0.6 is 0 Å². The molecule has 2 heterocycles. The normalized spacial score (nSPS) is 12.1. The second kappa shape index (κ2) is 7.72. The number of hydrogen-bond donors (Lipinski definition) is 1. The second-order valence-electron chi connectivity index (χ2n) is 6.03. The number of carbonyl (C=O) groups excluding carboxylic acids is 1. The molecule has 1 N–H and O–H groups in total. The van der Waals surface area contributed by atoms with Crippen LogP contribution in [0.1, 0.15) is 5.56 Å². The lowest BCUT2D eigenvalue weighted by Gasteiger charge is -2.23. The molecule has 3 aromatic rings. The van der Waals surface area contributed by atoms with Crippen molar-refractivity contribution >= 4 is 11.6 Å². The highest BCUT2D eigenvalue weighted by atomic mass is 16.2. The predicted octanol–water partition coefficient (Wildman–Crippen LogP) is 2.38. The number of rotatable bonds is 6. The van der Waals surface area contributed by atoms with E-state index in [-0.39, 0.29) is 11.9 Å². The van der Waals surface area contributed by atoms with Crippen LogP contribution in [0.25, 0.3) is 5.82 Å². The molecule has 2 aromatic heterocycles. The molecule has 0 saturated carbocycles. The number of amides is 1. The molecule has 0 spiro atoms. The molecular weight excluding hydrogens is 314 g/mol. The maximum atomic E-state index is 12.7. The van der Waals surface area contributed by atoms with Crippen LogP contribution in [0.3, 0.4) is 0 Å². The van der Waals surface area contributed by atoms with Crippen molar-refractivity contribution < 1.29 is 4.79 Å². The van der Waals surface area contributed by atoms with E-state index in [2.05, 4.69) is 15.3 Å². The highest BCUT2D eigenvalue weighted by molar-refractivity contribution is 5.94. The number of anilines is 1. The largest absolute Gasteiger partial charge is 0.323 e. The Labute approximate surface area is 147 Å². The number of aromatic nitrogens is 3. The van der Waals surface area contributed by atoms with Crippen molar-refractivity contribution in [2.45, 2.75) is 12.5 Å². The predicted molar refractivity (Wildman–Crippen MR) is 97.6 cm³/mol. The molecule has 6 nitrogen and oxygen atoms in total. The van der Waals surface area contributed by atoms with E-state index in [0.29, 0.717) is 12.1 Å². The molecule has 1 atom stereocenters. The third kappa shape index (κ3) is 4.30. The summed E-state index contributed by atoms with van der Waals surface area (Å²) in [6.07, 6.45) is 7.51. The van der Waals surface area contributed by atoms with E-state index < -0.39 is 0 Å². The van der Waals surface area contributed by atoms with Crippen LogP contribution < -0.4 is 5.32 Å². The van der Waals surface area contributed by atoms with Gasteiger partial charge >= 0.3 is 0 Å². The molecule has 0 aliphatic heterocycles. The maximum absolute atomic E-state index is 12.7. The molecule has 25 heavy (non-hydrogen) atoms. The first-order chi connectivity index (χ1) is 12.1. The van der Waals surface area contributed by atoms with E-state index in [4.69, 9.17) is 0 Å². The number of likely N-dealkylation sites (N-methyl/N-ethyl adjacent to an activating group) is 1. The molecule has 3 rings (SSSR count). The number of nitrogens with zero attached hydrogens (tertiary/aromatic N) is 4. The minimum absolute atomic E-state index is 0.0500. The smallest absolute Gasteiger partial charge is 0.242 e. The monoisotopic (exact) mass is 335 g/mol. The lowest BCUT2D eigenvalue weighted by molar-refractivity contribution is -0.120. The maximum Gasteiger partial charge on any atom is 0.242 e. The van der Waals surface area contributed by atoms with Crippen molar-refractivity contribution in [3.8, 4) is 5.82 Å². The first-order valence-electron chi connectivity index (χ1n) is 8.09. The average Bonchev–Trinajstić information content (AvgIpc) is 3.15. The number of pyridine rings is 1. The summed E-state index contributed by atoms with van der Waals surface area (Å²) in [4.78, 5) is 23.0. The third-order valence-electron chi connectivity index (χ3n) is 3.98. The quantitative estimate of drug-likeness (QED) is 0.751. The summed E-state index contributed by atoms with van der Waals surface area (Å²) in [6, 6.07) is 13.4. The summed E-state index contributed by atoms with van der Waals surface area (Å²) in [5.41, 5.74) is 1.80. The van der Waals surface area contributed by atoms with E-state index in [1.165, 1.54) is 0 Å². The van der Waals surface area contributed by atoms with Crippen LogP contribution in [0, 0.1) is 0 Å². The Balaban J connectivity index is 1.68. The van der Waals surface area contributed by atoms with Gasteiger partial charge in [0, 0.05) is 12.4 Å². The summed E-state index contributed by atoms with van der Waals surface area (Å²) in [5.74, 6) is 0.704. The van der Waals surface area contributed by atoms with Crippen molar-refractivity contribution in [1.82, 2.24) is 19.4 Å². The van der Waals surface area contributed by atoms with Crippen LogP contribution in [0.2, 0.25) is 0 Å². The summed E-state index contributed by atoms with van der Waals surface area (Å²) in [5, 5.41) is 2.95. The van der Waals surface area contributed by atoms with E-state index in [9.17, 15) is 4.79 Å². The number of nitrogens with one attached hydrogen (secondary N) is 1. The van der Waals surface area contributed by atoms with E-state index in [0.717, 1.165) is 11.4 Å². The zero-order valence-electron chi connectivity index (χ0n) is 14.3. The highest BCUT2D eigenvalue weighted by Gasteiger charge is 2.21. The fourth-order valence-electron chi connectivity index (χ4n) is 2.58.